The number of aliphatic hydroxyl groups excluding tert-OH is 1. The first-order valence-electron chi connectivity index (χ1n) is 11.9. The summed E-state index contributed by atoms with van der Waals surface area (Å²) in [6, 6.07) is 3.33. The van der Waals surface area contributed by atoms with E-state index in [-0.39, 0.29) is 30.6 Å². The van der Waals surface area contributed by atoms with E-state index in [1.807, 2.05) is 0 Å². The molecule has 0 spiro atoms. The number of anilines is 1. The molecule has 0 bridgehead atoms. The summed E-state index contributed by atoms with van der Waals surface area (Å²) >= 11 is 0. The molecule has 40 heavy (non-hydrogen) atoms. The third-order valence-corrected chi connectivity index (χ3v) is 8.86. The number of rotatable bonds is 6. The maximum atomic E-state index is 13.7. The van der Waals surface area contributed by atoms with Crippen LogP contribution in [0.25, 0.3) is 0 Å². The fourth-order valence-corrected chi connectivity index (χ4v) is 6.63. The Hall–Kier alpha value is -3.17. The van der Waals surface area contributed by atoms with E-state index in [0.29, 0.717) is 12.1 Å². The van der Waals surface area contributed by atoms with Crippen LogP contribution >= 0.6 is 0 Å². The van der Waals surface area contributed by atoms with Crippen molar-refractivity contribution in [1.29, 1.82) is 0 Å². The summed E-state index contributed by atoms with van der Waals surface area (Å²) < 4.78 is 123. The molecule has 2 heterocycles. The molecule has 2 atom stereocenters. The number of fused-ring (bicyclic) bond motifs is 1. The molecule has 2 N–H and O–H groups in total. The van der Waals surface area contributed by atoms with Gasteiger partial charge in [0.2, 0.25) is 5.91 Å². The Bertz CT molecular complexity index is 1390. The minimum atomic E-state index is -6.14. The van der Waals surface area contributed by atoms with Crippen molar-refractivity contribution < 1.29 is 54.2 Å². The number of hydrogen-bond acceptors (Lipinski definition) is 5. The van der Waals surface area contributed by atoms with Crippen LogP contribution in [0.15, 0.2) is 59.5 Å². The van der Waals surface area contributed by atoms with Gasteiger partial charge >= 0.3 is 12.4 Å². The van der Waals surface area contributed by atoms with Crippen molar-refractivity contribution in [3.8, 4) is 0 Å². The van der Waals surface area contributed by atoms with Gasteiger partial charge in [-0.1, -0.05) is 24.3 Å². The van der Waals surface area contributed by atoms with Crippen LogP contribution in [0.4, 0.5) is 36.4 Å². The SMILES string of the molecule is O=C(CC1CCc2cc(C(O)(C(F)(F)F)C(F)(F)F)ccc2N1S(=O)(=O)c1ccc(F)cc1)N1CC=CC1CO. The van der Waals surface area contributed by atoms with Crippen molar-refractivity contribution >= 4 is 21.6 Å². The van der Waals surface area contributed by atoms with Gasteiger partial charge in [0.25, 0.3) is 15.6 Å². The largest absolute Gasteiger partial charge is 0.430 e. The van der Waals surface area contributed by atoms with Crippen molar-refractivity contribution in [1.82, 2.24) is 4.90 Å². The number of alkyl halides is 6. The number of halogens is 7. The first-order chi connectivity index (χ1) is 18.5. The summed E-state index contributed by atoms with van der Waals surface area (Å²) in [6.07, 6.45) is -9.88. The molecule has 2 unspecified atom stereocenters. The Morgan fingerprint density at radius 2 is 1.62 bits per heavy atom. The minimum Gasteiger partial charge on any atom is -0.394 e. The zero-order valence-corrected chi connectivity index (χ0v) is 21.3. The molecular formula is C25H23F7N2O5S. The Morgan fingerprint density at radius 1 is 1.00 bits per heavy atom. The van der Waals surface area contributed by atoms with Crippen LogP contribution in [0.3, 0.4) is 0 Å². The summed E-state index contributed by atoms with van der Waals surface area (Å²) in [6.45, 7) is -0.244. The molecule has 7 nitrogen and oxygen atoms in total. The van der Waals surface area contributed by atoms with Crippen LogP contribution in [0.2, 0.25) is 0 Å². The van der Waals surface area contributed by atoms with Crippen LogP contribution < -0.4 is 4.31 Å². The van der Waals surface area contributed by atoms with E-state index in [4.69, 9.17) is 0 Å². The van der Waals surface area contributed by atoms with Crippen molar-refractivity contribution in [2.75, 3.05) is 17.5 Å². The van der Waals surface area contributed by atoms with E-state index in [9.17, 15) is 54.2 Å². The van der Waals surface area contributed by atoms with Gasteiger partial charge in [-0.25, -0.2) is 12.8 Å². The van der Waals surface area contributed by atoms with E-state index in [1.165, 1.54) is 4.90 Å². The molecule has 0 saturated carbocycles. The zero-order valence-electron chi connectivity index (χ0n) is 20.5. The van der Waals surface area contributed by atoms with Gasteiger partial charge < -0.3 is 15.1 Å². The number of carbonyl (C=O) groups excluding carboxylic acids is 1. The summed E-state index contributed by atoms with van der Waals surface area (Å²) in [5, 5.41) is 19.4. The fourth-order valence-electron chi connectivity index (χ4n) is 4.92. The summed E-state index contributed by atoms with van der Waals surface area (Å²) in [5.41, 5.74) is -7.30. The number of aliphatic hydroxyl groups is 2. The van der Waals surface area contributed by atoms with Gasteiger partial charge in [-0.05, 0) is 48.7 Å². The number of benzene rings is 2. The lowest BCUT2D eigenvalue weighted by atomic mass is 9.87. The number of hydrogen-bond donors (Lipinski definition) is 2. The molecule has 0 fully saturated rings. The number of nitrogens with zero attached hydrogens (tertiary/aromatic N) is 2. The quantitative estimate of drug-likeness (QED) is 0.391. The summed E-state index contributed by atoms with van der Waals surface area (Å²) in [7, 11) is -4.61. The molecule has 2 aromatic rings. The highest BCUT2D eigenvalue weighted by molar-refractivity contribution is 7.92. The second-order valence-electron chi connectivity index (χ2n) is 9.42. The average Bonchev–Trinajstić information content (AvgIpc) is 3.36. The van der Waals surface area contributed by atoms with Crippen molar-refractivity contribution in [3.05, 3.63) is 71.6 Å². The van der Waals surface area contributed by atoms with Crippen LogP contribution in [0, 0.1) is 5.82 Å². The predicted molar refractivity (Wildman–Crippen MR) is 127 cm³/mol. The lowest BCUT2D eigenvalue weighted by molar-refractivity contribution is -0.376. The Kier molecular flexibility index (Phi) is 7.71. The minimum absolute atomic E-state index is 0.148. The molecule has 0 saturated heterocycles. The van der Waals surface area contributed by atoms with Crippen LogP contribution in [0.1, 0.15) is 24.0 Å². The maximum Gasteiger partial charge on any atom is 0.430 e. The number of sulfonamides is 1. The van der Waals surface area contributed by atoms with Gasteiger partial charge in [0.05, 0.1) is 29.3 Å². The Labute approximate surface area is 224 Å². The third-order valence-electron chi connectivity index (χ3n) is 6.98. The van der Waals surface area contributed by atoms with Crippen LogP contribution in [0.5, 0.6) is 0 Å². The second kappa shape index (κ2) is 10.3. The molecule has 2 aliphatic heterocycles. The van der Waals surface area contributed by atoms with Crippen LogP contribution in [-0.2, 0) is 26.8 Å². The highest BCUT2D eigenvalue weighted by Crippen LogP contribution is 2.51. The summed E-state index contributed by atoms with van der Waals surface area (Å²) in [4.78, 5) is 13.9. The van der Waals surface area contributed by atoms with Crippen molar-refractivity contribution in [2.45, 2.75) is 54.2 Å². The Morgan fingerprint density at radius 3 is 2.20 bits per heavy atom. The van der Waals surface area contributed by atoms with Gasteiger partial charge in [0.1, 0.15) is 5.82 Å². The second-order valence-corrected chi connectivity index (χ2v) is 11.2. The molecule has 2 aromatic carbocycles. The number of carbonyl (C=O) groups is 1. The maximum absolute atomic E-state index is 13.7. The van der Waals surface area contributed by atoms with E-state index in [1.54, 1.807) is 12.2 Å². The smallest absolute Gasteiger partial charge is 0.394 e. The first kappa shape index (κ1) is 29.8. The Balaban J connectivity index is 1.81. The number of aryl methyl sites for hydroxylation is 1. The lowest BCUT2D eigenvalue weighted by Gasteiger charge is -2.39. The van der Waals surface area contributed by atoms with Gasteiger partial charge in [0.15, 0.2) is 0 Å². The standard InChI is InChI=1S/C25H23F7N2O5S/c26-17-5-8-20(9-6-17)40(38,39)34-18(13-22(36)33-11-1-2-19(33)14-35)7-3-15-12-16(4-10-21(15)34)23(37,24(27,28)29)25(30,31)32/h1-2,4-6,8-10,12,18-19,35,37H,3,7,11,13-14H2. The lowest BCUT2D eigenvalue weighted by Crippen LogP contribution is -2.54. The predicted octanol–water partition coefficient (Wildman–Crippen LogP) is 3.80. The van der Waals surface area contributed by atoms with Gasteiger partial charge in [-0.2, -0.15) is 26.3 Å². The van der Waals surface area contributed by atoms with Crippen LogP contribution in [-0.4, -0.2) is 67.0 Å². The van der Waals surface area contributed by atoms with E-state index in [0.717, 1.165) is 34.6 Å². The molecule has 218 valence electrons. The molecule has 2 aliphatic rings. The van der Waals surface area contributed by atoms with E-state index >= 15 is 0 Å². The molecule has 0 aromatic heterocycles. The molecule has 0 radical (unpaired) electrons. The monoisotopic (exact) mass is 596 g/mol. The molecule has 1 amide bonds. The fraction of sp³-hybridized carbons (Fsp3) is 0.400. The van der Waals surface area contributed by atoms with E-state index < -0.39 is 75.3 Å². The zero-order chi connectivity index (χ0) is 29.7. The molecule has 0 aliphatic carbocycles. The number of amides is 1. The first-order valence-corrected chi connectivity index (χ1v) is 13.3. The van der Waals surface area contributed by atoms with Crippen molar-refractivity contribution in [3.63, 3.8) is 0 Å². The van der Waals surface area contributed by atoms with E-state index in [2.05, 4.69) is 0 Å². The summed E-state index contributed by atoms with van der Waals surface area (Å²) in [5.74, 6) is -1.30. The van der Waals surface area contributed by atoms with Gasteiger partial charge in [-0.3, -0.25) is 9.10 Å². The molecular weight excluding hydrogens is 573 g/mol. The average molecular weight is 597 g/mol. The normalized spacial score (nSPS) is 20.1. The van der Waals surface area contributed by atoms with Crippen molar-refractivity contribution in [2.24, 2.45) is 0 Å². The van der Waals surface area contributed by atoms with Gasteiger partial charge in [-0.15, -0.1) is 0 Å². The highest BCUT2D eigenvalue weighted by atomic mass is 32.2. The van der Waals surface area contributed by atoms with Gasteiger partial charge in [0, 0.05) is 18.5 Å². The topological polar surface area (TPSA) is 98.2 Å². The highest BCUT2D eigenvalue weighted by Gasteiger charge is 2.71. The molecule has 4 rings (SSSR count). The third kappa shape index (κ3) is 5.05. The molecule has 15 heteroatoms.